The normalized spacial score (nSPS) is 19.9. The molecule has 104 valence electrons. The van der Waals surface area contributed by atoms with E-state index in [-0.39, 0.29) is 30.4 Å². The number of rotatable bonds is 3. The smallest absolute Gasteiger partial charge is 0.302 e. The lowest BCUT2D eigenvalue weighted by atomic mass is 9.88. The summed E-state index contributed by atoms with van der Waals surface area (Å²) in [7, 11) is 0. The molecule has 0 saturated heterocycles. The van der Waals surface area contributed by atoms with Crippen LogP contribution in [-0.4, -0.2) is 41.8 Å². The molecule has 0 amide bonds. The number of carbonyl (C=O) groups excluding carboxylic acids is 3. The van der Waals surface area contributed by atoms with E-state index in [0.717, 1.165) is 0 Å². The Labute approximate surface area is 120 Å². The molecule has 0 bridgehead atoms. The van der Waals surface area contributed by atoms with Gasteiger partial charge in [-0.25, -0.2) is 0 Å². The second-order valence-corrected chi connectivity index (χ2v) is 4.64. The first-order chi connectivity index (χ1) is 9.52. The molecule has 5 nitrogen and oxygen atoms in total. The van der Waals surface area contributed by atoms with Gasteiger partial charge < -0.3 is 4.74 Å². The predicted octanol–water partition coefficient (Wildman–Crippen LogP) is 1.68. The first-order valence-corrected chi connectivity index (χ1v) is 6.45. The quantitative estimate of drug-likeness (QED) is 0.483. The van der Waals surface area contributed by atoms with Crippen molar-refractivity contribution in [3.05, 3.63) is 35.4 Å². The van der Waals surface area contributed by atoms with Gasteiger partial charge in [0.25, 0.3) is 0 Å². The van der Waals surface area contributed by atoms with Gasteiger partial charge in [-0.1, -0.05) is 24.3 Å². The summed E-state index contributed by atoms with van der Waals surface area (Å²) in [6, 6.07) is 6.49. The molecule has 0 saturated carbocycles. The van der Waals surface area contributed by atoms with Gasteiger partial charge in [0, 0.05) is 18.1 Å². The highest BCUT2D eigenvalue weighted by Gasteiger charge is 2.36. The first-order valence-electron chi connectivity index (χ1n) is 6.02. The monoisotopic (exact) mass is 293 g/mol. The number of alkyl halides is 1. The number of benzene rings is 1. The number of ether oxygens (including phenoxy) is 1. The molecule has 20 heavy (non-hydrogen) atoms. The van der Waals surface area contributed by atoms with Crippen molar-refractivity contribution in [3.8, 4) is 0 Å². The molecule has 0 heterocycles. The van der Waals surface area contributed by atoms with E-state index in [9.17, 15) is 14.4 Å². The van der Waals surface area contributed by atoms with Gasteiger partial charge in [-0.3, -0.25) is 19.4 Å². The van der Waals surface area contributed by atoms with Gasteiger partial charge in [0.2, 0.25) is 5.78 Å². The fourth-order valence-electron chi connectivity index (χ4n) is 1.92. The van der Waals surface area contributed by atoms with E-state index in [4.69, 9.17) is 16.3 Å². The largest absolute Gasteiger partial charge is 0.464 e. The Morgan fingerprint density at radius 3 is 2.60 bits per heavy atom. The molecule has 1 aromatic carbocycles. The van der Waals surface area contributed by atoms with Gasteiger partial charge in [0.05, 0.1) is 6.54 Å². The summed E-state index contributed by atoms with van der Waals surface area (Å²) in [6.07, 6.45) is 0. The van der Waals surface area contributed by atoms with E-state index in [2.05, 4.69) is 4.99 Å². The van der Waals surface area contributed by atoms with Crippen molar-refractivity contribution in [1.82, 2.24) is 0 Å². The second-order valence-electron chi connectivity index (χ2n) is 4.21. The van der Waals surface area contributed by atoms with E-state index in [0.29, 0.717) is 11.1 Å². The van der Waals surface area contributed by atoms with Gasteiger partial charge in [-0.2, -0.15) is 0 Å². The van der Waals surface area contributed by atoms with Crippen molar-refractivity contribution in [2.75, 3.05) is 13.2 Å². The van der Waals surface area contributed by atoms with Crippen LogP contribution in [0.5, 0.6) is 0 Å². The third-order valence-electron chi connectivity index (χ3n) is 2.82. The highest BCUT2D eigenvalue weighted by Crippen LogP contribution is 2.23. The molecule has 2 rings (SSSR count). The number of esters is 1. The molecular weight excluding hydrogens is 282 g/mol. The molecule has 0 aliphatic heterocycles. The van der Waals surface area contributed by atoms with Crippen LogP contribution in [0.1, 0.15) is 27.6 Å². The zero-order valence-corrected chi connectivity index (χ0v) is 11.5. The van der Waals surface area contributed by atoms with E-state index < -0.39 is 11.3 Å². The van der Waals surface area contributed by atoms with Gasteiger partial charge in [0.1, 0.15) is 17.7 Å². The van der Waals surface area contributed by atoms with Crippen LogP contribution >= 0.6 is 11.6 Å². The highest BCUT2D eigenvalue weighted by molar-refractivity contribution is 6.64. The summed E-state index contributed by atoms with van der Waals surface area (Å²) in [4.78, 5) is 38.9. The van der Waals surface area contributed by atoms with E-state index in [1.807, 2.05) is 0 Å². The molecule has 0 aromatic heterocycles. The van der Waals surface area contributed by atoms with Crippen LogP contribution in [0.25, 0.3) is 0 Å². The van der Waals surface area contributed by atoms with Crippen molar-refractivity contribution in [2.24, 2.45) is 4.99 Å². The van der Waals surface area contributed by atoms with Gasteiger partial charge in [0.15, 0.2) is 5.78 Å². The maximum atomic E-state index is 12.2. The summed E-state index contributed by atoms with van der Waals surface area (Å²) < 4.78 is 4.71. The van der Waals surface area contributed by atoms with Crippen molar-refractivity contribution in [3.63, 3.8) is 0 Å². The molecule has 1 aliphatic rings. The minimum Gasteiger partial charge on any atom is -0.464 e. The Morgan fingerprint density at radius 1 is 1.30 bits per heavy atom. The molecule has 1 aromatic rings. The molecule has 1 unspecified atom stereocenters. The number of ketones is 2. The number of carbonyl (C=O) groups is 3. The molecular formula is C14H12ClNO4. The molecule has 0 spiro atoms. The Bertz CT molecular complexity index is 609. The van der Waals surface area contributed by atoms with E-state index in [1.165, 1.54) is 6.92 Å². The minimum atomic E-state index is -1.09. The summed E-state index contributed by atoms with van der Waals surface area (Å²) >= 11 is 5.99. The SMILES string of the molecule is CC(=O)OCCN=C1C(=O)c2ccccc2C(=O)C1Cl. The first kappa shape index (κ1) is 14.4. The predicted molar refractivity (Wildman–Crippen MR) is 73.7 cm³/mol. The minimum absolute atomic E-state index is 0.00233. The van der Waals surface area contributed by atoms with Crippen LogP contribution in [0.3, 0.4) is 0 Å². The molecule has 0 N–H and O–H groups in total. The number of hydrogen-bond donors (Lipinski definition) is 0. The lowest BCUT2D eigenvalue weighted by molar-refractivity contribution is -0.140. The summed E-state index contributed by atoms with van der Waals surface area (Å²) in [5.41, 5.74) is 0.625. The summed E-state index contributed by atoms with van der Waals surface area (Å²) in [5, 5.41) is -1.09. The third kappa shape index (κ3) is 2.77. The number of Topliss-reactive ketones (excluding diaryl/α,β-unsaturated/α-hetero) is 2. The van der Waals surface area contributed by atoms with Gasteiger partial charge in [-0.05, 0) is 0 Å². The van der Waals surface area contributed by atoms with Crippen LogP contribution in [0.4, 0.5) is 0 Å². The van der Waals surface area contributed by atoms with Gasteiger partial charge >= 0.3 is 5.97 Å². The number of fused-ring (bicyclic) bond motifs is 1. The van der Waals surface area contributed by atoms with Crippen molar-refractivity contribution < 1.29 is 19.1 Å². The second kappa shape index (κ2) is 5.96. The molecule has 0 fully saturated rings. The number of halogens is 1. The highest BCUT2D eigenvalue weighted by atomic mass is 35.5. The Hall–Kier alpha value is -2.01. The third-order valence-corrected chi connectivity index (χ3v) is 3.22. The fraction of sp³-hybridized carbons (Fsp3) is 0.286. The molecule has 1 atom stereocenters. The molecule has 0 radical (unpaired) electrons. The molecule has 6 heteroatoms. The zero-order valence-electron chi connectivity index (χ0n) is 10.8. The van der Waals surface area contributed by atoms with Gasteiger partial charge in [-0.15, -0.1) is 11.6 Å². The van der Waals surface area contributed by atoms with Crippen molar-refractivity contribution in [1.29, 1.82) is 0 Å². The molecule has 1 aliphatic carbocycles. The van der Waals surface area contributed by atoms with Crippen molar-refractivity contribution >= 4 is 34.8 Å². The Kier molecular flexibility index (Phi) is 4.29. The fourth-order valence-corrected chi connectivity index (χ4v) is 2.20. The van der Waals surface area contributed by atoms with Crippen LogP contribution in [0.2, 0.25) is 0 Å². The Morgan fingerprint density at radius 2 is 1.95 bits per heavy atom. The maximum Gasteiger partial charge on any atom is 0.302 e. The van der Waals surface area contributed by atoms with E-state index in [1.54, 1.807) is 24.3 Å². The van der Waals surface area contributed by atoms with Crippen LogP contribution in [0, 0.1) is 0 Å². The van der Waals surface area contributed by atoms with Crippen LogP contribution in [-0.2, 0) is 9.53 Å². The average molecular weight is 294 g/mol. The lowest BCUT2D eigenvalue weighted by Crippen LogP contribution is -2.38. The zero-order chi connectivity index (χ0) is 14.7. The van der Waals surface area contributed by atoms with Crippen molar-refractivity contribution in [2.45, 2.75) is 12.3 Å². The number of nitrogens with zero attached hydrogens (tertiary/aromatic N) is 1. The standard InChI is InChI=1S/C14H12ClNO4/c1-8(17)20-7-6-16-12-11(15)13(18)9-4-2-3-5-10(9)14(12)19/h2-5,11H,6-7H2,1H3. The van der Waals surface area contributed by atoms with Crippen LogP contribution < -0.4 is 0 Å². The van der Waals surface area contributed by atoms with Crippen LogP contribution in [0.15, 0.2) is 29.3 Å². The van der Waals surface area contributed by atoms with E-state index >= 15 is 0 Å². The summed E-state index contributed by atoms with van der Waals surface area (Å²) in [6.45, 7) is 1.42. The lowest BCUT2D eigenvalue weighted by Gasteiger charge is -2.19. The maximum absolute atomic E-state index is 12.2. The Balaban J connectivity index is 2.23. The topological polar surface area (TPSA) is 72.8 Å². The number of aliphatic imine (C=N–C) groups is 1. The number of hydrogen-bond acceptors (Lipinski definition) is 5. The average Bonchev–Trinajstić information content (AvgIpc) is 2.44. The summed E-state index contributed by atoms with van der Waals surface area (Å²) in [5.74, 6) is -1.12.